The first-order valence-electron chi connectivity index (χ1n) is 34.6. The van der Waals surface area contributed by atoms with Crippen molar-refractivity contribution in [2.24, 2.45) is 82.9 Å². The average molecular weight is 1170 g/mol. The fourth-order valence-electron chi connectivity index (χ4n) is 19.6. The van der Waals surface area contributed by atoms with Gasteiger partial charge in [0.25, 0.3) is 0 Å². The lowest BCUT2D eigenvalue weighted by Gasteiger charge is -2.58. The number of hydrogen-bond acceptors (Lipinski definition) is 1. The van der Waals surface area contributed by atoms with Crippen LogP contribution in [0.5, 0.6) is 5.75 Å². The fourth-order valence-corrected chi connectivity index (χ4v) is 19.6. The standard InChI is InChI=1S/C40H48.C20H27F3O.C20H26F2/c1-5-7-8-30-18-20-34-36-24-22-32(29-15-11-26(4)12-16-29)38-31(28-13-9-25(3)10-14-28)21-23-35(40(36)38)33-19-17-27(6-2)37(30)39(33)34;1-14-2-4-15(5-3-14)16-6-8-17(9-7-16)18-10-12-19(13-11-18)24-20(21,22)23;1-2-14-3-5-15(6-4-14)16-7-9-17(10-8-16)18-11-12-19(21)20(22)13-18/h5-6,9,11,13,15,27,30-36H,1-2,7-8,12,16-24H2,3-4H3;10-17H,2-9H2,1H3;2,11-17H,1,3-10H2. The van der Waals surface area contributed by atoms with Gasteiger partial charge in [0.2, 0.25) is 0 Å². The van der Waals surface area contributed by atoms with Gasteiger partial charge in [-0.3, -0.25) is 0 Å². The Balaban J connectivity index is 0.000000144. The van der Waals surface area contributed by atoms with Crippen molar-refractivity contribution < 1.29 is 26.7 Å². The number of alkyl halides is 3. The molecule has 11 aliphatic rings. The summed E-state index contributed by atoms with van der Waals surface area (Å²) >= 11 is 0. The first-order valence-corrected chi connectivity index (χ1v) is 34.6. The maximum absolute atomic E-state index is 13.4. The molecular weight excluding hydrogens is 1070 g/mol. The Bertz CT molecular complexity index is 2970. The maximum Gasteiger partial charge on any atom is 0.573 e. The van der Waals surface area contributed by atoms with Gasteiger partial charge in [0, 0.05) is 17.4 Å². The van der Waals surface area contributed by atoms with Crippen LogP contribution in [-0.4, -0.2) is 6.36 Å². The number of fused-ring (bicyclic) bond motifs is 2. The molecule has 0 bridgehead atoms. The van der Waals surface area contributed by atoms with Crippen LogP contribution in [-0.2, 0) is 0 Å². The maximum atomic E-state index is 13.4. The minimum atomic E-state index is -4.61. The molecule has 2 aromatic carbocycles. The van der Waals surface area contributed by atoms with Crippen LogP contribution >= 0.6 is 0 Å². The molecule has 0 aromatic heterocycles. The molecule has 0 saturated heterocycles. The van der Waals surface area contributed by atoms with Crippen LogP contribution in [0.15, 0.2) is 161 Å². The van der Waals surface area contributed by atoms with Gasteiger partial charge in [-0.1, -0.05) is 113 Å². The predicted molar refractivity (Wildman–Crippen MR) is 344 cm³/mol. The van der Waals surface area contributed by atoms with E-state index < -0.39 is 18.0 Å². The zero-order valence-electron chi connectivity index (χ0n) is 52.5. The van der Waals surface area contributed by atoms with Crippen molar-refractivity contribution >= 4 is 0 Å². The number of benzene rings is 2. The zero-order chi connectivity index (χ0) is 60.1. The molecule has 8 atom stereocenters. The van der Waals surface area contributed by atoms with E-state index in [1.54, 1.807) is 29.3 Å². The molecule has 5 saturated carbocycles. The van der Waals surface area contributed by atoms with E-state index in [0.717, 1.165) is 108 Å². The van der Waals surface area contributed by atoms with E-state index >= 15 is 0 Å². The summed E-state index contributed by atoms with van der Waals surface area (Å²) < 4.78 is 67.0. The Hall–Kier alpha value is -4.89. The van der Waals surface area contributed by atoms with E-state index in [4.69, 9.17) is 0 Å². The predicted octanol–water partition coefficient (Wildman–Crippen LogP) is 23.6. The van der Waals surface area contributed by atoms with Crippen molar-refractivity contribution in [3.63, 3.8) is 0 Å². The molecule has 0 amide bonds. The molecule has 0 spiro atoms. The van der Waals surface area contributed by atoms with Gasteiger partial charge >= 0.3 is 6.36 Å². The third-order valence-electron chi connectivity index (χ3n) is 24.2. The van der Waals surface area contributed by atoms with Crippen LogP contribution in [0.2, 0.25) is 0 Å². The highest BCUT2D eigenvalue weighted by atomic mass is 19.4. The number of allylic oxidation sites excluding steroid dienone is 15. The number of ether oxygens (including phenoxy) is 1. The Morgan fingerprint density at radius 1 is 0.535 bits per heavy atom. The van der Waals surface area contributed by atoms with Crippen molar-refractivity contribution in [2.75, 3.05) is 0 Å². The minimum Gasteiger partial charge on any atom is -0.406 e. The van der Waals surface area contributed by atoms with Crippen molar-refractivity contribution in [3.05, 3.63) is 184 Å². The van der Waals surface area contributed by atoms with Gasteiger partial charge in [0.1, 0.15) is 5.75 Å². The Morgan fingerprint density at radius 3 is 1.64 bits per heavy atom. The summed E-state index contributed by atoms with van der Waals surface area (Å²) in [6.45, 7) is 19.2. The second-order valence-corrected chi connectivity index (χ2v) is 29.0. The normalized spacial score (nSPS) is 34.9. The lowest BCUT2D eigenvalue weighted by Crippen LogP contribution is -2.47. The smallest absolute Gasteiger partial charge is 0.406 e. The zero-order valence-corrected chi connectivity index (χ0v) is 52.5. The van der Waals surface area contributed by atoms with Crippen LogP contribution in [0.25, 0.3) is 0 Å². The molecule has 6 heteroatoms. The number of halogens is 5. The van der Waals surface area contributed by atoms with Crippen LogP contribution in [0, 0.1) is 94.5 Å². The minimum absolute atomic E-state index is 0.128. The summed E-state index contributed by atoms with van der Waals surface area (Å²) in [6.07, 6.45) is 47.8. The Labute approximate surface area is 515 Å². The van der Waals surface area contributed by atoms with Crippen molar-refractivity contribution in [3.8, 4) is 5.75 Å². The lowest BCUT2D eigenvalue weighted by atomic mass is 9.46. The summed E-state index contributed by atoms with van der Waals surface area (Å²) in [6, 6.07) is 10.9. The largest absolute Gasteiger partial charge is 0.573 e. The third kappa shape index (κ3) is 14.4. The summed E-state index contributed by atoms with van der Waals surface area (Å²) in [5.41, 5.74) is 22.8. The molecule has 0 heterocycles. The van der Waals surface area contributed by atoms with E-state index in [9.17, 15) is 22.0 Å². The second kappa shape index (κ2) is 28.3. The molecule has 0 aliphatic heterocycles. The molecule has 0 N–H and O–H groups in total. The number of hydrogen-bond donors (Lipinski definition) is 0. The lowest BCUT2D eigenvalue weighted by molar-refractivity contribution is -0.274. The van der Waals surface area contributed by atoms with Crippen LogP contribution in [0.1, 0.15) is 224 Å². The molecule has 13 rings (SSSR count). The van der Waals surface area contributed by atoms with E-state index in [1.807, 2.05) is 22.3 Å². The van der Waals surface area contributed by atoms with Crippen LogP contribution < -0.4 is 4.74 Å². The highest BCUT2D eigenvalue weighted by Crippen LogP contribution is 2.66. The van der Waals surface area contributed by atoms with E-state index in [0.29, 0.717) is 29.6 Å². The molecule has 0 radical (unpaired) electrons. The van der Waals surface area contributed by atoms with Gasteiger partial charge in [-0.05, 0) is 317 Å². The first kappa shape index (κ1) is 62.7. The van der Waals surface area contributed by atoms with Gasteiger partial charge in [-0.25, -0.2) is 8.78 Å². The highest BCUT2D eigenvalue weighted by Gasteiger charge is 2.54. The summed E-state index contributed by atoms with van der Waals surface area (Å²) in [7, 11) is 0. The summed E-state index contributed by atoms with van der Waals surface area (Å²) in [5, 5.41) is 0. The molecule has 8 unspecified atom stereocenters. The SMILES string of the molecule is C=CC1CCC(C2CCC(c3ccc(F)c(F)c3)CC2)CC1.C=CCCC1CCC2C3=C1C(C=C)CCC3C1CCC(C3=C=C=C(C)C=C3)C3=C1C2CCC3C1=CC=C(C)CC1.CC1CCC(C2CCC(c3ccc(OC(F)(F)F)cc3)CC2)CC1. The van der Waals surface area contributed by atoms with Crippen LogP contribution in [0.4, 0.5) is 22.0 Å². The van der Waals surface area contributed by atoms with Gasteiger partial charge < -0.3 is 4.74 Å². The fraction of sp³-hybridized carbons (Fsp3) is 0.600. The summed E-state index contributed by atoms with van der Waals surface area (Å²) in [5.74, 6) is 10.1. The van der Waals surface area contributed by atoms with E-state index in [2.05, 4.69) is 99.2 Å². The van der Waals surface area contributed by atoms with Crippen molar-refractivity contribution in [1.82, 2.24) is 0 Å². The van der Waals surface area contributed by atoms with Gasteiger partial charge in [-0.15, -0.1) is 32.9 Å². The third-order valence-corrected chi connectivity index (χ3v) is 24.2. The summed E-state index contributed by atoms with van der Waals surface area (Å²) in [4.78, 5) is 0. The Kier molecular flexibility index (Phi) is 20.6. The average Bonchev–Trinajstić information content (AvgIpc) is 0.730. The quantitative estimate of drug-likeness (QED) is 0.117. The topological polar surface area (TPSA) is 9.23 Å². The second-order valence-electron chi connectivity index (χ2n) is 29.0. The molecule has 1 nitrogen and oxygen atoms in total. The molecule has 11 aliphatic carbocycles. The highest BCUT2D eigenvalue weighted by molar-refractivity contribution is 5.50. The van der Waals surface area contributed by atoms with Crippen molar-refractivity contribution in [2.45, 2.75) is 219 Å². The molecule has 86 heavy (non-hydrogen) atoms. The van der Waals surface area contributed by atoms with Crippen molar-refractivity contribution in [1.29, 1.82) is 0 Å². The molecule has 5 fully saturated rings. The van der Waals surface area contributed by atoms with E-state index in [-0.39, 0.29) is 5.75 Å². The van der Waals surface area contributed by atoms with Gasteiger partial charge in [0.05, 0.1) is 0 Å². The first-order chi connectivity index (χ1) is 41.7. The molecular formula is C80H101F5O. The Morgan fingerprint density at radius 2 is 1.09 bits per heavy atom. The molecule has 2 aromatic rings. The van der Waals surface area contributed by atoms with Gasteiger partial charge in [-0.2, -0.15) is 0 Å². The monoisotopic (exact) mass is 1170 g/mol. The van der Waals surface area contributed by atoms with E-state index in [1.165, 1.54) is 183 Å². The number of rotatable bonds is 12. The van der Waals surface area contributed by atoms with Gasteiger partial charge in [0.15, 0.2) is 11.6 Å². The molecule has 462 valence electrons. The van der Waals surface area contributed by atoms with Crippen LogP contribution in [0.3, 0.4) is 0 Å².